The van der Waals surface area contributed by atoms with Crippen molar-refractivity contribution in [3.63, 3.8) is 0 Å². The van der Waals surface area contributed by atoms with Crippen LogP contribution in [0.2, 0.25) is 0 Å². The van der Waals surface area contributed by atoms with Crippen LogP contribution in [0.15, 0.2) is 72.8 Å². The molecule has 0 fully saturated rings. The van der Waals surface area contributed by atoms with E-state index in [-0.39, 0.29) is 5.84 Å². The summed E-state index contributed by atoms with van der Waals surface area (Å²) in [6.07, 6.45) is 0.563. The van der Waals surface area contributed by atoms with Gasteiger partial charge in [-0.1, -0.05) is 30.3 Å². The summed E-state index contributed by atoms with van der Waals surface area (Å²) in [5.74, 6) is 1.78. The molecular formula is C22H18N6. The highest BCUT2D eigenvalue weighted by Crippen LogP contribution is 2.23. The van der Waals surface area contributed by atoms with Crippen LogP contribution >= 0.6 is 0 Å². The fourth-order valence-corrected chi connectivity index (χ4v) is 3.52. The van der Waals surface area contributed by atoms with Crippen LogP contribution in [0.25, 0.3) is 27.8 Å². The molecule has 28 heavy (non-hydrogen) atoms. The van der Waals surface area contributed by atoms with Gasteiger partial charge in [0.15, 0.2) is 0 Å². The van der Waals surface area contributed by atoms with Gasteiger partial charge in [-0.3, -0.25) is 9.98 Å². The van der Waals surface area contributed by atoms with Crippen molar-refractivity contribution in [1.82, 2.24) is 19.5 Å². The predicted molar refractivity (Wildman–Crippen MR) is 111 cm³/mol. The third-order valence-corrected chi connectivity index (χ3v) is 4.81. The van der Waals surface area contributed by atoms with Crippen molar-refractivity contribution in [2.24, 2.45) is 5.73 Å². The Bertz CT molecular complexity index is 1310. The van der Waals surface area contributed by atoms with Crippen molar-refractivity contribution >= 4 is 27.9 Å². The van der Waals surface area contributed by atoms with E-state index < -0.39 is 0 Å². The fraction of sp³-hybridized carbons (Fsp3) is 0.0455. The largest absolute Gasteiger partial charge is 0.384 e. The summed E-state index contributed by atoms with van der Waals surface area (Å²) in [6, 6.07) is 23.9. The third kappa shape index (κ3) is 2.72. The molecule has 0 aliphatic heterocycles. The topological polar surface area (TPSA) is 96.4 Å². The zero-order valence-corrected chi connectivity index (χ0v) is 15.1. The van der Waals surface area contributed by atoms with Gasteiger partial charge in [0.2, 0.25) is 0 Å². The van der Waals surface area contributed by atoms with Gasteiger partial charge < -0.3 is 10.7 Å². The van der Waals surface area contributed by atoms with Gasteiger partial charge in [-0.25, -0.2) is 9.97 Å². The molecular weight excluding hydrogens is 348 g/mol. The van der Waals surface area contributed by atoms with E-state index in [0.717, 1.165) is 39.4 Å². The molecule has 2 aromatic heterocycles. The van der Waals surface area contributed by atoms with Gasteiger partial charge >= 0.3 is 0 Å². The number of aromatic amines is 1. The lowest BCUT2D eigenvalue weighted by atomic mass is 10.2. The van der Waals surface area contributed by atoms with Crippen LogP contribution in [0.1, 0.15) is 17.2 Å². The maximum absolute atomic E-state index is 7.61. The first-order valence-electron chi connectivity index (χ1n) is 9.04. The maximum Gasteiger partial charge on any atom is 0.122 e. The van der Waals surface area contributed by atoms with E-state index in [0.29, 0.717) is 12.0 Å². The van der Waals surface area contributed by atoms with Gasteiger partial charge in [0.25, 0.3) is 0 Å². The van der Waals surface area contributed by atoms with Crippen LogP contribution in [-0.4, -0.2) is 25.4 Å². The molecule has 0 spiro atoms. The summed E-state index contributed by atoms with van der Waals surface area (Å²) in [4.78, 5) is 12.9. The van der Waals surface area contributed by atoms with Crippen molar-refractivity contribution < 1.29 is 0 Å². The molecule has 3 aromatic carbocycles. The third-order valence-electron chi connectivity index (χ3n) is 4.81. The average molecular weight is 366 g/mol. The Labute approximate surface area is 161 Å². The standard InChI is InChI=1S/C22H18N6/c23-22(24)14-10-11-16-18(12-14)26-20(25-16)13-21-27-17-8-4-5-9-19(17)28(21)15-6-2-1-3-7-15/h1-12H,13H2,(H3,23,24)(H,25,26). The number of nitrogen functional groups attached to an aromatic ring is 1. The number of benzene rings is 3. The lowest BCUT2D eigenvalue weighted by molar-refractivity contribution is 0.893. The molecule has 0 atom stereocenters. The summed E-state index contributed by atoms with van der Waals surface area (Å²) < 4.78 is 2.17. The van der Waals surface area contributed by atoms with Crippen LogP contribution in [0.4, 0.5) is 0 Å². The molecule has 5 rings (SSSR count). The Morgan fingerprint density at radius 3 is 2.54 bits per heavy atom. The number of para-hydroxylation sites is 3. The van der Waals surface area contributed by atoms with Crippen LogP contribution < -0.4 is 5.73 Å². The number of imidazole rings is 2. The first-order chi connectivity index (χ1) is 13.7. The van der Waals surface area contributed by atoms with E-state index in [4.69, 9.17) is 21.1 Å². The predicted octanol–water partition coefficient (Wildman–Crippen LogP) is 3.78. The number of hydrogen-bond acceptors (Lipinski definition) is 3. The monoisotopic (exact) mass is 366 g/mol. The molecule has 2 heterocycles. The van der Waals surface area contributed by atoms with Gasteiger partial charge in [0.1, 0.15) is 17.5 Å². The molecule has 0 amide bonds. The Morgan fingerprint density at radius 2 is 1.71 bits per heavy atom. The molecule has 0 radical (unpaired) electrons. The van der Waals surface area contributed by atoms with Crippen molar-refractivity contribution in [1.29, 1.82) is 5.41 Å². The second kappa shape index (κ2) is 6.35. The number of nitrogens with zero attached hydrogens (tertiary/aromatic N) is 3. The van der Waals surface area contributed by atoms with Crippen LogP contribution in [0.5, 0.6) is 0 Å². The number of amidine groups is 1. The lowest BCUT2D eigenvalue weighted by Gasteiger charge is -2.08. The average Bonchev–Trinajstić information content (AvgIpc) is 3.28. The van der Waals surface area contributed by atoms with E-state index in [1.165, 1.54) is 0 Å². The number of nitrogens with two attached hydrogens (primary N) is 1. The van der Waals surface area contributed by atoms with E-state index in [2.05, 4.69) is 27.8 Å². The van der Waals surface area contributed by atoms with Gasteiger partial charge in [0.05, 0.1) is 28.5 Å². The zero-order valence-electron chi connectivity index (χ0n) is 15.1. The highest BCUT2D eigenvalue weighted by atomic mass is 15.1. The smallest absolute Gasteiger partial charge is 0.122 e. The number of hydrogen-bond donors (Lipinski definition) is 3. The number of aromatic nitrogens is 4. The molecule has 6 nitrogen and oxygen atoms in total. The number of H-pyrrole nitrogens is 1. The molecule has 0 aliphatic rings. The number of nitrogens with one attached hydrogen (secondary N) is 2. The van der Waals surface area contributed by atoms with E-state index >= 15 is 0 Å². The zero-order chi connectivity index (χ0) is 19.1. The van der Waals surface area contributed by atoms with E-state index in [1.54, 1.807) is 0 Å². The molecule has 5 aromatic rings. The Kier molecular flexibility index (Phi) is 3.69. The first-order valence-corrected chi connectivity index (χ1v) is 9.04. The maximum atomic E-state index is 7.61. The molecule has 0 saturated carbocycles. The van der Waals surface area contributed by atoms with E-state index in [9.17, 15) is 0 Å². The van der Waals surface area contributed by atoms with Crippen LogP contribution in [0.3, 0.4) is 0 Å². The quantitative estimate of drug-likeness (QED) is 0.334. The minimum Gasteiger partial charge on any atom is -0.384 e. The minimum absolute atomic E-state index is 0.0392. The van der Waals surface area contributed by atoms with Crippen molar-refractivity contribution in [2.75, 3.05) is 0 Å². The molecule has 0 bridgehead atoms. The van der Waals surface area contributed by atoms with Crippen molar-refractivity contribution in [2.45, 2.75) is 6.42 Å². The normalized spacial score (nSPS) is 11.3. The second-order valence-corrected chi connectivity index (χ2v) is 6.69. The Balaban J connectivity index is 1.62. The number of fused-ring (bicyclic) bond motifs is 2. The summed E-state index contributed by atoms with van der Waals surface area (Å²) in [5, 5.41) is 7.61. The van der Waals surface area contributed by atoms with Gasteiger partial charge in [-0.15, -0.1) is 0 Å². The summed E-state index contributed by atoms with van der Waals surface area (Å²) in [7, 11) is 0. The highest BCUT2D eigenvalue weighted by Gasteiger charge is 2.14. The summed E-state index contributed by atoms with van der Waals surface area (Å²) in [5.41, 5.74) is 11.1. The highest BCUT2D eigenvalue weighted by molar-refractivity contribution is 5.97. The fourth-order valence-electron chi connectivity index (χ4n) is 3.52. The molecule has 136 valence electrons. The number of rotatable bonds is 4. The Morgan fingerprint density at radius 1 is 0.929 bits per heavy atom. The molecule has 0 unspecified atom stereocenters. The first kappa shape index (κ1) is 16.3. The molecule has 0 saturated heterocycles. The van der Waals surface area contributed by atoms with Crippen LogP contribution in [0, 0.1) is 5.41 Å². The second-order valence-electron chi connectivity index (χ2n) is 6.69. The summed E-state index contributed by atoms with van der Waals surface area (Å²) >= 11 is 0. The molecule has 6 heteroatoms. The van der Waals surface area contributed by atoms with Gasteiger partial charge in [-0.05, 0) is 42.5 Å². The molecule has 0 aliphatic carbocycles. The SMILES string of the molecule is N=C(N)c1ccc2[nH]c(Cc3nc4ccccc4n3-c3ccccc3)nc2c1. The lowest BCUT2D eigenvalue weighted by Crippen LogP contribution is -2.10. The molecule has 4 N–H and O–H groups in total. The van der Waals surface area contributed by atoms with Crippen LogP contribution in [-0.2, 0) is 6.42 Å². The van der Waals surface area contributed by atoms with Crippen molar-refractivity contribution in [3.05, 3.63) is 90.0 Å². The van der Waals surface area contributed by atoms with Crippen molar-refractivity contribution in [3.8, 4) is 5.69 Å². The minimum atomic E-state index is 0.0392. The van der Waals surface area contributed by atoms with Gasteiger partial charge in [-0.2, -0.15) is 0 Å². The van der Waals surface area contributed by atoms with E-state index in [1.807, 2.05) is 54.6 Å². The summed E-state index contributed by atoms with van der Waals surface area (Å²) in [6.45, 7) is 0. The van der Waals surface area contributed by atoms with Gasteiger partial charge in [0, 0.05) is 11.3 Å². The Hall–Kier alpha value is -3.93.